The average Bonchev–Trinajstić information content (AvgIpc) is 2.47. The zero-order valence-electron chi connectivity index (χ0n) is 12.6. The first-order valence-corrected chi connectivity index (χ1v) is 8.74. The van der Waals surface area contributed by atoms with E-state index in [4.69, 9.17) is 9.47 Å². The standard InChI is InChI=1S/C16H25NO2S/c1-4-17-15-10-13(6-5-9-20-3)19-16-11-12(18-2)7-8-14(15)16/h7-8,11,13,15,17H,4-6,9-10H2,1-3H3. The molecule has 0 radical (unpaired) electrons. The van der Waals surface area contributed by atoms with Crippen LogP contribution < -0.4 is 14.8 Å². The van der Waals surface area contributed by atoms with Gasteiger partial charge in [0.05, 0.1) is 7.11 Å². The van der Waals surface area contributed by atoms with Crippen LogP contribution >= 0.6 is 11.8 Å². The summed E-state index contributed by atoms with van der Waals surface area (Å²) in [4.78, 5) is 0. The minimum atomic E-state index is 0.311. The Morgan fingerprint density at radius 3 is 3.00 bits per heavy atom. The molecular formula is C16H25NO2S. The molecule has 0 fully saturated rings. The van der Waals surface area contributed by atoms with E-state index in [0.29, 0.717) is 12.1 Å². The van der Waals surface area contributed by atoms with Gasteiger partial charge >= 0.3 is 0 Å². The molecule has 0 saturated heterocycles. The van der Waals surface area contributed by atoms with Gasteiger partial charge in [-0.1, -0.05) is 13.0 Å². The second-order valence-corrected chi connectivity index (χ2v) is 6.11. The lowest BCUT2D eigenvalue weighted by molar-refractivity contribution is 0.140. The SMILES string of the molecule is CCNC1CC(CCCSC)Oc2cc(OC)ccc21. The van der Waals surface area contributed by atoms with Crippen LogP contribution in [0, 0.1) is 0 Å². The van der Waals surface area contributed by atoms with Crippen LogP contribution in [0.5, 0.6) is 11.5 Å². The highest BCUT2D eigenvalue weighted by atomic mass is 32.2. The van der Waals surface area contributed by atoms with E-state index in [1.54, 1.807) is 7.11 Å². The summed E-state index contributed by atoms with van der Waals surface area (Å²) in [5.74, 6) is 3.05. The molecule has 0 aromatic heterocycles. The van der Waals surface area contributed by atoms with Crippen LogP contribution in [0.4, 0.5) is 0 Å². The molecular weight excluding hydrogens is 270 g/mol. The number of nitrogens with one attached hydrogen (secondary N) is 1. The van der Waals surface area contributed by atoms with Crippen molar-refractivity contribution in [1.29, 1.82) is 0 Å². The van der Waals surface area contributed by atoms with Gasteiger partial charge < -0.3 is 14.8 Å². The van der Waals surface area contributed by atoms with Crippen LogP contribution in [0.1, 0.15) is 37.8 Å². The number of ether oxygens (including phenoxy) is 2. The molecule has 0 aliphatic carbocycles. The Kier molecular flexibility index (Phi) is 6.05. The van der Waals surface area contributed by atoms with Gasteiger partial charge in [-0.3, -0.25) is 0 Å². The van der Waals surface area contributed by atoms with Crippen molar-refractivity contribution in [3.8, 4) is 11.5 Å². The van der Waals surface area contributed by atoms with Crippen molar-refractivity contribution in [2.75, 3.05) is 25.7 Å². The molecule has 4 heteroatoms. The molecule has 1 aromatic rings. The zero-order chi connectivity index (χ0) is 14.4. The smallest absolute Gasteiger partial charge is 0.128 e. The molecule has 1 heterocycles. The first-order chi connectivity index (χ1) is 9.78. The summed E-state index contributed by atoms with van der Waals surface area (Å²) < 4.78 is 11.5. The fraction of sp³-hybridized carbons (Fsp3) is 0.625. The largest absolute Gasteiger partial charge is 0.497 e. The molecule has 2 rings (SSSR count). The first-order valence-electron chi connectivity index (χ1n) is 7.35. The Balaban J connectivity index is 2.12. The van der Waals surface area contributed by atoms with Crippen molar-refractivity contribution in [3.63, 3.8) is 0 Å². The lowest BCUT2D eigenvalue weighted by Crippen LogP contribution is -2.33. The Morgan fingerprint density at radius 1 is 1.45 bits per heavy atom. The van der Waals surface area contributed by atoms with Crippen LogP contribution in [-0.4, -0.2) is 31.8 Å². The Bertz CT molecular complexity index is 425. The fourth-order valence-electron chi connectivity index (χ4n) is 2.72. The van der Waals surface area contributed by atoms with Crippen molar-refractivity contribution in [3.05, 3.63) is 23.8 Å². The number of hydrogen-bond acceptors (Lipinski definition) is 4. The maximum Gasteiger partial charge on any atom is 0.128 e. The highest BCUT2D eigenvalue weighted by Gasteiger charge is 2.27. The van der Waals surface area contributed by atoms with Crippen LogP contribution in [0.3, 0.4) is 0 Å². The first kappa shape index (κ1) is 15.5. The quantitative estimate of drug-likeness (QED) is 0.778. The lowest BCUT2D eigenvalue weighted by Gasteiger charge is -2.33. The van der Waals surface area contributed by atoms with E-state index in [0.717, 1.165) is 30.9 Å². The third kappa shape index (κ3) is 3.83. The molecule has 0 saturated carbocycles. The van der Waals surface area contributed by atoms with Crippen molar-refractivity contribution in [1.82, 2.24) is 5.32 Å². The summed E-state index contributed by atoms with van der Waals surface area (Å²) in [5, 5.41) is 3.57. The summed E-state index contributed by atoms with van der Waals surface area (Å²) >= 11 is 1.90. The monoisotopic (exact) mass is 295 g/mol. The third-order valence-electron chi connectivity index (χ3n) is 3.71. The van der Waals surface area contributed by atoms with Gasteiger partial charge in [0.25, 0.3) is 0 Å². The molecule has 0 amide bonds. The second-order valence-electron chi connectivity index (χ2n) is 5.12. The Hall–Kier alpha value is -0.870. The van der Waals surface area contributed by atoms with Gasteiger partial charge in [-0.05, 0) is 37.5 Å². The van der Waals surface area contributed by atoms with Crippen molar-refractivity contribution in [2.45, 2.75) is 38.3 Å². The van der Waals surface area contributed by atoms with Crippen LogP contribution in [-0.2, 0) is 0 Å². The number of hydrogen-bond donors (Lipinski definition) is 1. The maximum absolute atomic E-state index is 6.17. The predicted molar refractivity (Wildman–Crippen MR) is 86.1 cm³/mol. The molecule has 3 nitrogen and oxygen atoms in total. The lowest BCUT2D eigenvalue weighted by atomic mass is 9.94. The van der Waals surface area contributed by atoms with E-state index in [2.05, 4.69) is 24.6 Å². The number of methoxy groups -OCH3 is 1. The summed E-state index contributed by atoms with van der Waals surface area (Å²) in [6.07, 6.45) is 5.86. The Labute approximate surface area is 126 Å². The highest BCUT2D eigenvalue weighted by Crippen LogP contribution is 2.38. The molecule has 0 spiro atoms. The Morgan fingerprint density at radius 2 is 2.30 bits per heavy atom. The molecule has 1 aliphatic heterocycles. The number of benzene rings is 1. The molecule has 0 bridgehead atoms. The maximum atomic E-state index is 6.17. The molecule has 2 atom stereocenters. The normalized spacial score (nSPS) is 21.1. The van der Waals surface area contributed by atoms with E-state index in [9.17, 15) is 0 Å². The number of thioether (sulfide) groups is 1. The molecule has 1 aliphatic rings. The summed E-state index contributed by atoms with van der Waals surface area (Å²) in [5.41, 5.74) is 1.26. The number of fused-ring (bicyclic) bond motifs is 1. The van der Waals surface area contributed by atoms with Gasteiger partial charge in [-0.2, -0.15) is 11.8 Å². The molecule has 1 N–H and O–H groups in total. The predicted octanol–water partition coefficient (Wildman–Crippen LogP) is 3.64. The fourth-order valence-corrected chi connectivity index (χ4v) is 3.18. The van der Waals surface area contributed by atoms with Crippen LogP contribution in [0.25, 0.3) is 0 Å². The van der Waals surface area contributed by atoms with E-state index >= 15 is 0 Å². The van der Waals surface area contributed by atoms with Gasteiger partial charge in [-0.25, -0.2) is 0 Å². The van der Waals surface area contributed by atoms with Crippen molar-refractivity contribution < 1.29 is 9.47 Å². The minimum Gasteiger partial charge on any atom is -0.497 e. The van der Waals surface area contributed by atoms with E-state index in [-0.39, 0.29) is 0 Å². The molecule has 1 aromatic carbocycles. The second kappa shape index (κ2) is 7.79. The summed E-state index contributed by atoms with van der Waals surface area (Å²) in [6.45, 7) is 3.13. The van der Waals surface area contributed by atoms with E-state index in [1.807, 2.05) is 23.9 Å². The van der Waals surface area contributed by atoms with Gasteiger partial charge in [0.1, 0.15) is 17.6 Å². The van der Waals surface area contributed by atoms with Gasteiger partial charge in [0, 0.05) is 24.1 Å². The number of rotatable bonds is 7. The molecule has 112 valence electrons. The zero-order valence-corrected chi connectivity index (χ0v) is 13.5. The van der Waals surface area contributed by atoms with Crippen molar-refractivity contribution >= 4 is 11.8 Å². The molecule has 2 unspecified atom stereocenters. The molecule has 20 heavy (non-hydrogen) atoms. The van der Waals surface area contributed by atoms with Crippen LogP contribution in [0.15, 0.2) is 18.2 Å². The van der Waals surface area contributed by atoms with E-state index in [1.165, 1.54) is 17.7 Å². The average molecular weight is 295 g/mol. The minimum absolute atomic E-state index is 0.311. The van der Waals surface area contributed by atoms with Gasteiger partial charge in [0.15, 0.2) is 0 Å². The summed E-state index contributed by atoms with van der Waals surface area (Å²) in [6, 6.07) is 6.55. The van der Waals surface area contributed by atoms with E-state index < -0.39 is 0 Å². The van der Waals surface area contributed by atoms with Gasteiger partial charge in [0.2, 0.25) is 0 Å². The topological polar surface area (TPSA) is 30.5 Å². The summed E-state index contributed by atoms with van der Waals surface area (Å²) in [7, 11) is 1.70. The highest BCUT2D eigenvalue weighted by molar-refractivity contribution is 7.98. The van der Waals surface area contributed by atoms with Crippen molar-refractivity contribution in [2.24, 2.45) is 0 Å². The van der Waals surface area contributed by atoms with Gasteiger partial charge in [-0.15, -0.1) is 0 Å². The third-order valence-corrected chi connectivity index (χ3v) is 4.41. The van der Waals surface area contributed by atoms with Crippen LogP contribution in [0.2, 0.25) is 0 Å².